The molecule has 0 aromatic heterocycles. The fraction of sp³-hybridized carbons (Fsp3) is 1.00. The predicted molar refractivity (Wildman–Crippen MR) is 63.7 cm³/mol. The van der Waals surface area contributed by atoms with Crippen molar-refractivity contribution in [2.24, 2.45) is 5.92 Å². The van der Waals surface area contributed by atoms with E-state index in [2.05, 4.69) is 0 Å². The Bertz CT molecular complexity index is 290. The van der Waals surface area contributed by atoms with Gasteiger partial charge in [0.1, 0.15) is 0 Å². The van der Waals surface area contributed by atoms with Gasteiger partial charge in [-0.15, -0.1) is 11.6 Å². The molecule has 90 valence electrons. The monoisotopic (exact) mass is 253 g/mol. The number of rotatable bonds is 4. The van der Waals surface area contributed by atoms with E-state index >= 15 is 0 Å². The van der Waals surface area contributed by atoms with E-state index in [0.717, 1.165) is 25.7 Å². The average molecular weight is 254 g/mol. The Morgan fingerprint density at radius 3 is 2.73 bits per heavy atom. The van der Waals surface area contributed by atoms with Crippen LogP contribution in [0.3, 0.4) is 0 Å². The van der Waals surface area contributed by atoms with Crippen LogP contribution in [0.2, 0.25) is 0 Å². The van der Waals surface area contributed by atoms with E-state index in [-0.39, 0.29) is 5.38 Å². The largest absolute Gasteiger partial charge is 0.213 e. The van der Waals surface area contributed by atoms with E-state index in [1.54, 1.807) is 4.31 Å². The summed E-state index contributed by atoms with van der Waals surface area (Å²) < 4.78 is 24.3. The lowest BCUT2D eigenvalue weighted by Gasteiger charge is -2.31. The number of sulfonamides is 1. The van der Waals surface area contributed by atoms with Crippen LogP contribution >= 0.6 is 11.6 Å². The molecule has 1 aliphatic rings. The van der Waals surface area contributed by atoms with Crippen LogP contribution in [0.5, 0.6) is 0 Å². The lowest BCUT2D eigenvalue weighted by atomic mass is 9.94. The van der Waals surface area contributed by atoms with Gasteiger partial charge in [0.2, 0.25) is 10.0 Å². The second kappa shape index (κ2) is 5.51. The first-order valence-electron chi connectivity index (χ1n) is 5.49. The van der Waals surface area contributed by atoms with Gasteiger partial charge in [-0.2, -0.15) is 0 Å². The normalized spacial score (nSPS) is 26.5. The van der Waals surface area contributed by atoms with Crippen molar-refractivity contribution in [1.29, 1.82) is 0 Å². The maximum absolute atomic E-state index is 11.4. The summed E-state index contributed by atoms with van der Waals surface area (Å²) in [7, 11) is -3.00. The molecule has 1 heterocycles. The summed E-state index contributed by atoms with van der Waals surface area (Å²) in [5.74, 6) is 0.495. The van der Waals surface area contributed by atoms with Gasteiger partial charge in [0.25, 0.3) is 0 Å². The third-order valence-corrected chi connectivity index (χ3v) is 4.41. The standard InChI is InChI=1S/C10H20ClNO2S/c1-9(11)5-6-10-4-3-7-12(8-10)15(2,13)14/h9-10H,3-8H2,1-2H3. The van der Waals surface area contributed by atoms with Crippen LogP contribution < -0.4 is 0 Å². The fourth-order valence-electron chi connectivity index (χ4n) is 2.03. The van der Waals surface area contributed by atoms with E-state index in [9.17, 15) is 8.42 Å². The molecular weight excluding hydrogens is 234 g/mol. The molecule has 15 heavy (non-hydrogen) atoms. The highest BCUT2D eigenvalue weighted by molar-refractivity contribution is 7.88. The van der Waals surface area contributed by atoms with Gasteiger partial charge in [0.05, 0.1) is 6.26 Å². The number of hydrogen-bond acceptors (Lipinski definition) is 2. The van der Waals surface area contributed by atoms with Gasteiger partial charge in [-0.25, -0.2) is 12.7 Å². The summed E-state index contributed by atoms with van der Waals surface area (Å²) in [6, 6.07) is 0. The molecule has 0 radical (unpaired) electrons. The summed E-state index contributed by atoms with van der Waals surface area (Å²) >= 11 is 5.89. The molecular formula is C10H20ClNO2S. The van der Waals surface area contributed by atoms with Gasteiger partial charge in [0, 0.05) is 18.5 Å². The first-order chi connectivity index (χ1) is 6.89. The van der Waals surface area contributed by atoms with Crippen LogP contribution in [-0.4, -0.2) is 37.4 Å². The lowest BCUT2D eigenvalue weighted by molar-refractivity contribution is 0.254. The quantitative estimate of drug-likeness (QED) is 0.720. The van der Waals surface area contributed by atoms with Gasteiger partial charge >= 0.3 is 0 Å². The second-order valence-corrected chi connectivity index (χ2v) is 7.21. The van der Waals surface area contributed by atoms with Gasteiger partial charge < -0.3 is 0 Å². The van der Waals surface area contributed by atoms with Crippen molar-refractivity contribution in [3.05, 3.63) is 0 Å². The zero-order valence-corrected chi connectivity index (χ0v) is 11.0. The van der Waals surface area contributed by atoms with E-state index in [0.29, 0.717) is 19.0 Å². The molecule has 0 aliphatic carbocycles. The first-order valence-corrected chi connectivity index (χ1v) is 7.77. The zero-order chi connectivity index (χ0) is 11.5. The molecule has 5 heteroatoms. The van der Waals surface area contributed by atoms with Crippen molar-refractivity contribution >= 4 is 21.6 Å². The summed E-state index contributed by atoms with van der Waals surface area (Å²) in [6.07, 6.45) is 5.42. The Morgan fingerprint density at radius 2 is 2.20 bits per heavy atom. The van der Waals surface area contributed by atoms with Crippen LogP contribution in [0.1, 0.15) is 32.6 Å². The molecule has 0 saturated carbocycles. The molecule has 0 bridgehead atoms. The predicted octanol–water partition coefficient (Wildman–Crippen LogP) is 2.07. The number of nitrogens with zero attached hydrogens (tertiary/aromatic N) is 1. The van der Waals surface area contributed by atoms with E-state index in [1.165, 1.54) is 6.26 Å². The Hall–Kier alpha value is 0.200. The zero-order valence-electron chi connectivity index (χ0n) is 9.45. The number of halogens is 1. The third kappa shape index (κ3) is 4.70. The maximum Gasteiger partial charge on any atom is 0.211 e. The average Bonchev–Trinajstić information content (AvgIpc) is 2.14. The van der Waals surface area contributed by atoms with Crippen molar-refractivity contribution in [3.63, 3.8) is 0 Å². The highest BCUT2D eigenvalue weighted by Crippen LogP contribution is 2.23. The maximum atomic E-state index is 11.4. The number of hydrogen-bond donors (Lipinski definition) is 0. The number of alkyl halides is 1. The van der Waals surface area contributed by atoms with Gasteiger partial charge in [-0.1, -0.05) is 0 Å². The molecule has 2 atom stereocenters. The molecule has 3 nitrogen and oxygen atoms in total. The van der Waals surface area contributed by atoms with Crippen molar-refractivity contribution in [2.45, 2.75) is 38.0 Å². The fourth-order valence-corrected chi connectivity index (χ4v) is 3.10. The highest BCUT2D eigenvalue weighted by Gasteiger charge is 2.25. The van der Waals surface area contributed by atoms with Crippen LogP contribution in [0.15, 0.2) is 0 Å². The molecule has 0 N–H and O–H groups in total. The van der Waals surface area contributed by atoms with Gasteiger partial charge in [-0.05, 0) is 38.5 Å². The Labute approximate surface area is 97.8 Å². The second-order valence-electron chi connectivity index (χ2n) is 4.49. The molecule has 2 unspecified atom stereocenters. The Morgan fingerprint density at radius 1 is 1.53 bits per heavy atom. The smallest absolute Gasteiger partial charge is 0.211 e. The topological polar surface area (TPSA) is 37.4 Å². The molecule has 0 spiro atoms. The minimum absolute atomic E-state index is 0.193. The summed E-state index contributed by atoms with van der Waals surface area (Å²) in [5, 5.41) is 0.193. The van der Waals surface area contributed by atoms with Crippen molar-refractivity contribution < 1.29 is 8.42 Å². The Kier molecular flexibility index (Phi) is 4.87. The van der Waals surface area contributed by atoms with Crippen LogP contribution in [0, 0.1) is 5.92 Å². The van der Waals surface area contributed by atoms with E-state index in [1.807, 2.05) is 6.92 Å². The van der Waals surface area contributed by atoms with E-state index in [4.69, 9.17) is 11.6 Å². The molecule has 1 rings (SSSR count). The molecule has 0 amide bonds. The minimum atomic E-state index is -3.00. The molecule has 1 fully saturated rings. The first kappa shape index (κ1) is 13.3. The number of piperidine rings is 1. The molecule has 1 saturated heterocycles. The summed E-state index contributed by atoms with van der Waals surface area (Å²) in [6.45, 7) is 3.35. The van der Waals surface area contributed by atoms with Crippen LogP contribution in [-0.2, 0) is 10.0 Å². The van der Waals surface area contributed by atoms with Gasteiger partial charge in [0.15, 0.2) is 0 Å². The summed E-state index contributed by atoms with van der Waals surface area (Å²) in [5.41, 5.74) is 0. The van der Waals surface area contributed by atoms with Crippen molar-refractivity contribution in [1.82, 2.24) is 4.31 Å². The van der Waals surface area contributed by atoms with Crippen LogP contribution in [0.25, 0.3) is 0 Å². The summed E-state index contributed by atoms with van der Waals surface area (Å²) in [4.78, 5) is 0. The molecule has 1 aliphatic heterocycles. The van der Waals surface area contributed by atoms with Crippen molar-refractivity contribution in [2.75, 3.05) is 19.3 Å². The SMILES string of the molecule is CC(Cl)CCC1CCCN(S(C)(=O)=O)C1. The Balaban J connectivity index is 2.43. The van der Waals surface area contributed by atoms with Crippen molar-refractivity contribution in [3.8, 4) is 0 Å². The molecule has 0 aromatic carbocycles. The molecule has 0 aromatic rings. The van der Waals surface area contributed by atoms with E-state index < -0.39 is 10.0 Å². The minimum Gasteiger partial charge on any atom is -0.213 e. The third-order valence-electron chi connectivity index (χ3n) is 2.92. The highest BCUT2D eigenvalue weighted by atomic mass is 35.5. The van der Waals surface area contributed by atoms with Crippen LogP contribution in [0.4, 0.5) is 0 Å². The lowest BCUT2D eigenvalue weighted by Crippen LogP contribution is -2.39. The van der Waals surface area contributed by atoms with Gasteiger partial charge in [-0.3, -0.25) is 0 Å².